The normalized spacial score (nSPS) is 14.1. The van der Waals surface area contributed by atoms with Gasteiger partial charge in [0.15, 0.2) is 0 Å². The van der Waals surface area contributed by atoms with Crippen molar-refractivity contribution in [3.8, 4) is 0 Å². The minimum atomic E-state index is -4.33. The number of likely N-dealkylation sites (N-methyl/N-ethyl adjacent to an activating group) is 2. The van der Waals surface area contributed by atoms with Crippen LogP contribution in [0.1, 0.15) is 17.2 Å². The van der Waals surface area contributed by atoms with Gasteiger partial charge in [0.1, 0.15) is 0 Å². The summed E-state index contributed by atoms with van der Waals surface area (Å²) in [5, 5.41) is 0. The Kier molecular flexibility index (Phi) is 5.98. The quantitative estimate of drug-likeness (QED) is 0.871. The van der Waals surface area contributed by atoms with E-state index < -0.39 is 17.8 Å². The fourth-order valence-electron chi connectivity index (χ4n) is 1.85. The van der Waals surface area contributed by atoms with Crippen molar-refractivity contribution in [2.24, 2.45) is 5.73 Å². The number of rotatable bonds is 6. The summed E-state index contributed by atoms with van der Waals surface area (Å²) in [5.74, 6) is 0. The molecule has 3 nitrogen and oxygen atoms in total. The first-order chi connectivity index (χ1) is 9.20. The third-order valence-electron chi connectivity index (χ3n) is 3.08. The van der Waals surface area contributed by atoms with E-state index >= 15 is 0 Å². The smallest absolute Gasteiger partial charge is 0.323 e. The Hall–Kier alpha value is -1.11. The Morgan fingerprint density at radius 3 is 2.35 bits per heavy atom. The third-order valence-corrected chi connectivity index (χ3v) is 3.08. The van der Waals surface area contributed by atoms with Gasteiger partial charge in [0, 0.05) is 25.7 Å². The van der Waals surface area contributed by atoms with E-state index in [2.05, 4.69) is 0 Å². The second-order valence-corrected chi connectivity index (χ2v) is 5.30. The zero-order valence-electron chi connectivity index (χ0n) is 12.1. The topological polar surface area (TPSA) is 32.5 Å². The maximum absolute atomic E-state index is 12.6. The van der Waals surface area contributed by atoms with E-state index in [0.29, 0.717) is 12.1 Å². The molecule has 0 aliphatic carbocycles. The molecule has 0 saturated heterocycles. The van der Waals surface area contributed by atoms with Gasteiger partial charge in [-0.05, 0) is 38.8 Å². The molecule has 20 heavy (non-hydrogen) atoms. The minimum Gasteiger partial charge on any atom is -0.323 e. The van der Waals surface area contributed by atoms with Gasteiger partial charge >= 0.3 is 6.18 Å². The number of nitrogens with zero attached hydrogens (tertiary/aromatic N) is 2. The summed E-state index contributed by atoms with van der Waals surface area (Å²) in [6.07, 6.45) is -4.33. The van der Waals surface area contributed by atoms with Gasteiger partial charge in [0.25, 0.3) is 0 Å². The zero-order chi connectivity index (χ0) is 15.3. The van der Waals surface area contributed by atoms with Gasteiger partial charge in [-0.2, -0.15) is 13.2 Å². The number of halogens is 3. The summed E-state index contributed by atoms with van der Waals surface area (Å²) in [4.78, 5) is 4.07. The van der Waals surface area contributed by atoms with Crippen LogP contribution in [0, 0.1) is 0 Å². The Balaban J connectivity index is 2.65. The van der Waals surface area contributed by atoms with Crippen molar-refractivity contribution < 1.29 is 13.2 Å². The highest BCUT2D eigenvalue weighted by Crippen LogP contribution is 2.30. The van der Waals surface area contributed by atoms with Crippen molar-refractivity contribution in [1.29, 1.82) is 0 Å². The molecule has 1 aromatic rings. The first-order valence-corrected chi connectivity index (χ1v) is 6.46. The zero-order valence-corrected chi connectivity index (χ0v) is 12.1. The maximum atomic E-state index is 12.6. The SMILES string of the molecule is CN(C)CCN(C)CC(N)c1cccc(C(F)(F)F)c1. The lowest BCUT2D eigenvalue weighted by molar-refractivity contribution is -0.137. The number of hydrogen-bond donors (Lipinski definition) is 1. The highest BCUT2D eigenvalue weighted by atomic mass is 19.4. The molecule has 0 aliphatic rings. The number of nitrogens with two attached hydrogens (primary N) is 1. The molecule has 0 aromatic heterocycles. The van der Waals surface area contributed by atoms with E-state index in [4.69, 9.17) is 5.73 Å². The maximum Gasteiger partial charge on any atom is 0.416 e. The van der Waals surface area contributed by atoms with Crippen LogP contribution in [0.3, 0.4) is 0 Å². The van der Waals surface area contributed by atoms with E-state index in [1.54, 1.807) is 6.07 Å². The van der Waals surface area contributed by atoms with Crippen LogP contribution in [-0.4, -0.2) is 50.6 Å². The summed E-state index contributed by atoms with van der Waals surface area (Å²) < 4.78 is 37.9. The highest BCUT2D eigenvalue weighted by molar-refractivity contribution is 5.28. The predicted molar refractivity (Wildman–Crippen MR) is 74.4 cm³/mol. The van der Waals surface area contributed by atoms with Gasteiger partial charge in [-0.3, -0.25) is 0 Å². The van der Waals surface area contributed by atoms with Gasteiger partial charge < -0.3 is 15.5 Å². The molecule has 1 aromatic carbocycles. The van der Waals surface area contributed by atoms with Crippen LogP contribution in [0.25, 0.3) is 0 Å². The van der Waals surface area contributed by atoms with Crippen molar-refractivity contribution in [1.82, 2.24) is 9.80 Å². The molecule has 2 N–H and O–H groups in total. The van der Waals surface area contributed by atoms with Crippen molar-refractivity contribution >= 4 is 0 Å². The molecule has 6 heteroatoms. The van der Waals surface area contributed by atoms with E-state index in [1.807, 2.05) is 30.9 Å². The molecule has 0 spiro atoms. The second kappa shape index (κ2) is 7.06. The summed E-state index contributed by atoms with van der Waals surface area (Å²) in [5.41, 5.74) is 5.85. The molecule has 1 atom stereocenters. The van der Waals surface area contributed by atoms with Crippen molar-refractivity contribution in [2.75, 3.05) is 40.8 Å². The lowest BCUT2D eigenvalue weighted by atomic mass is 10.0. The molecule has 114 valence electrons. The van der Waals surface area contributed by atoms with Gasteiger partial charge in [-0.25, -0.2) is 0 Å². The number of alkyl halides is 3. The molecule has 1 rings (SSSR count). The van der Waals surface area contributed by atoms with Crippen molar-refractivity contribution in [2.45, 2.75) is 12.2 Å². The lowest BCUT2D eigenvalue weighted by Crippen LogP contribution is -2.34. The van der Waals surface area contributed by atoms with Crippen molar-refractivity contribution in [3.05, 3.63) is 35.4 Å². The molecule has 0 aliphatic heterocycles. The van der Waals surface area contributed by atoms with Crippen LogP contribution < -0.4 is 5.73 Å². The predicted octanol–water partition coefficient (Wildman–Crippen LogP) is 2.20. The van der Waals surface area contributed by atoms with Gasteiger partial charge in [0.05, 0.1) is 5.56 Å². The van der Waals surface area contributed by atoms with Crippen LogP contribution >= 0.6 is 0 Å². The molecular weight excluding hydrogens is 267 g/mol. The van der Waals surface area contributed by atoms with Crippen molar-refractivity contribution in [3.63, 3.8) is 0 Å². The Morgan fingerprint density at radius 1 is 1.15 bits per heavy atom. The Morgan fingerprint density at radius 2 is 1.80 bits per heavy atom. The third kappa shape index (κ3) is 5.48. The van der Waals surface area contributed by atoms with Crippen LogP contribution in [-0.2, 0) is 6.18 Å². The Labute approximate surface area is 118 Å². The first-order valence-electron chi connectivity index (χ1n) is 6.46. The van der Waals surface area contributed by atoms with E-state index in [-0.39, 0.29) is 0 Å². The molecule has 0 radical (unpaired) electrons. The molecular formula is C14H22F3N3. The van der Waals surface area contributed by atoms with Gasteiger partial charge in [-0.1, -0.05) is 12.1 Å². The summed E-state index contributed by atoms with van der Waals surface area (Å²) in [6, 6.07) is 4.80. The number of hydrogen-bond acceptors (Lipinski definition) is 3. The van der Waals surface area contributed by atoms with Crippen LogP contribution in [0.15, 0.2) is 24.3 Å². The lowest BCUT2D eigenvalue weighted by Gasteiger charge is -2.23. The molecule has 0 amide bonds. The fraction of sp³-hybridized carbons (Fsp3) is 0.571. The summed E-state index contributed by atoms with van der Waals surface area (Å²) in [6.45, 7) is 2.22. The molecule has 1 unspecified atom stereocenters. The van der Waals surface area contributed by atoms with E-state index in [0.717, 1.165) is 25.2 Å². The second-order valence-electron chi connectivity index (χ2n) is 5.30. The Bertz CT molecular complexity index is 418. The summed E-state index contributed by atoms with van der Waals surface area (Å²) in [7, 11) is 5.86. The first kappa shape index (κ1) is 16.9. The largest absolute Gasteiger partial charge is 0.416 e. The van der Waals surface area contributed by atoms with Crippen LogP contribution in [0.4, 0.5) is 13.2 Å². The van der Waals surface area contributed by atoms with Crippen LogP contribution in [0.5, 0.6) is 0 Å². The molecule has 0 fully saturated rings. The summed E-state index contributed by atoms with van der Waals surface area (Å²) >= 11 is 0. The minimum absolute atomic E-state index is 0.426. The average Bonchev–Trinajstić information content (AvgIpc) is 2.35. The monoisotopic (exact) mass is 289 g/mol. The average molecular weight is 289 g/mol. The molecule has 0 bridgehead atoms. The number of benzene rings is 1. The molecule has 0 saturated carbocycles. The molecule has 0 heterocycles. The highest BCUT2D eigenvalue weighted by Gasteiger charge is 2.30. The standard InChI is InChI=1S/C14H22F3N3/c1-19(2)7-8-20(3)10-13(18)11-5-4-6-12(9-11)14(15,16)17/h4-6,9,13H,7-8,10,18H2,1-3H3. The van der Waals surface area contributed by atoms with Gasteiger partial charge in [-0.15, -0.1) is 0 Å². The van der Waals surface area contributed by atoms with Crippen LogP contribution in [0.2, 0.25) is 0 Å². The van der Waals surface area contributed by atoms with E-state index in [9.17, 15) is 13.2 Å². The van der Waals surface area contributed by atoms with E-state index in [1.165, 1.54) is 6.07 Å². The fourth-order valence-corrected chi connectivity index (χ4v) is 1.85. The van der Waals surface area contributed by atoms with Gasteiger partial charge in [0.2, 0.25) is 0 Å².